The van der Waals surface area contributed by atoms with E-state index in [1.807, 2.05) is 12.1 Å². The average molecular weight is 290 g/mol. The van der Waals surface area contributed by atoms with E-state index in [1.54, 1.807) is 0 Å². The lowest BCUT2D eigenvalue weighted by molar-refractivity contribution is -0.121. The van der Waals surface area contributed by atoms with Gasteiger partial charge in [-0.2, -0.15) is 0 Å². The van der Waals surface area contributed by atoms with Gasteiger partial charge in [-0.3, -0.25) is 4.79 Å². The summed E-state index contributed by atoms with van der Waals surface area (Å²) in [4.78, 5) is 11.5. The predicted molar refractivity (Wildman–Crippen MR) is 84.4 cm³/mol. The predicted octanol–water partition coefficient (Wildman–Crippen LogP) is 2.79. The molecule has 1 aromatic rings. The van der Waals surface area contributed by atoms with Crippen LogP contribution >= 0.6 is 0 Å². The van der Waals surface area contributed by atoms with Crippen molar-refractivity contribution in [3.05, 3.63) is 29.8 Å². The van der Waals surface area contributed by atoms with Crippen LogP contribution in [-0.2, 0) is 4.79 Å². The van der Waals surface area contributed by atoms with Crippen molar-refractivity contribution in [2.24, 2.45) is 0 Å². The largest absolute Gasteiger partial charge is 0.493 e. The Labute approximate surface area is 127 Å². The third-order valence-electron chi connectivity index (χ3n) is 3.62. The van der Waals surface area contributed by atoms with Gasteiger partial charge in [-0.25, -0.2) is 0 Å². The summed E-state index contributed by atoms with van der Waals surface area (Å²) in [7, 11) is 0. The molecule has 1 atom stereocenters. The van der Waals surface area contributed by atoms with Crippen molar-refractivity contribution in [1.82, 2.24) is 10.6 Å². The van der Waals surface area contributed by atoms with E-state index >= 15 is 0 Å². The van der Waals surface area contributed by atoms with Gasteiger partial charge < -0.3 is 15.4 Å². The first-order valence-corrected chi connectivity index (χ1v) is 7.94. The van der Waals surface area contributed by atoms with E-state index in [2.05, 4.69) is 36.6 Å². The minimum atomic E-state index is 0.0894. The molecule has 2 N–H and O–H groups in total. The van der Waals surface area contributed by atoms with Gasteiger partial charge in [0.15, 0.2) is 0 Å². The van der Waals surface area contributed by atoms with Gasteiger partial charge in [0, 0.05) is 12.1 Å². The maximum Gasteiger partial charge on any atom is 0.223 e. The fraction of sp³-hybridized carbons (Fsp3) is 0.588. The summed E-state index contributed by atoms with van der Waals surface area (Å²) in [6.07, 6.45) is 3.80. The zero-order valence-electron chi connectivity index (χ0n) is 13.0. The van der Waals surface area contributed by atoms with Crippen molar-refractivity contribution in [3.8, 4) is 5.75 Å². The van der Waals surface area contributed by atoms with Crippen LogP contribution in [-0.4, -0.2) is 25.1 Å². The smallest absolute Gasteiger partial charge is 0.223 e. The average Bonchev–Trinajstić information content (AvgIpc) is 3.29. The third kappa shape index (κ3) is 5.76. The fourth-order valence-electron chi connectivity index (χ4n) is 2.12. The summed E-state index contributed by atoms with van der Waals surface area (Å²) in [6.45, 7) is 5.78. The molecule has 1 aliphatic rings. The molecule has 1 aliphatic carbocycles. The Balaban J connectivity index is 1.70. The molecule has 2 rings (SSSR count). The summed E-state index contributed by atoms with van der Waals surface area (Å²) >= 11 is 0. The molecule has 0 aromatic heterocycles. The molecule has 116 valence electrons. The summed E-state index contributed by atoms with van der Waals surface area (Å²) in [5.41, 5.74) is 1.25. The standard InChI is InChI=1S/C17H26N2O2/c1-3-11-18-13(2)14-4-8-16(9-5-14)21-12-10-17(20)19-15-6-7-15/h4-5,8-9,13,15,18H,3,6-7,10-12H2,1-2H3,(H,19,20). The topological polar surface area (TPSA) is 50.4 Å². The third-order valence-corrected chi connectivity index (χ3v) is 3.62. The SMILES string of the molecule is CCCNC(C)c1ccc(OCCC(=O)NC2CC2)cc1. The van der Waals surface area contributed by atoms with Gasteiger partial charge in [-0.05, 0) is 50.4 Å². The van der Waals surface area contributed by atoms with Gasteiger partial charge in [-0.15, -0.1) is 0 Å². The van der Waals surface area contributed by atoms with Crippen LogP contribution in [0, 0.1) is 0 Å². The van der Waals surface area contributed by atoms with Crippen LogP contribution < -0.4 is 15.4 Å². The molecule has 1 fully saturated rings. The Bertz CT molecular complexity index is 441. The molecule has 1 saturated carbocycles. The minimum Gasteiger partial charge on any atom is -0.493 e. The normalized spacial score (nSPS) is 15.5. The molecule has 0 saturated heterocycles. The fourth-order valence-corrected chi connectivity index (χ4v) is 2.12. The highest BCUT2D eigenvalue weighted by Gasteiger charge is 2.22. The minimum absolute atomic E-state index is 0.0894. The maximum atomic E-state index is 11.5. The van der Waals surface area contributed by atoms with Crippen LogP contribution in [0.5, 0.6) is 5.75 Å². The lowest BCUT2D eigenvalue weighted by Gasteiger charge is -2.14. The molecule has 21 heavy (non-hydrogen) atoms. The van der Waals surface area contributed by atoms with Crippen LogP contribution in [0.1, 0.15) is 51.1 Å². The van der Waals surface area contributed by atoms with Gasteiger partial charge in [-0.1, -0.05) is 19.1 Å². The molecule has 4 nitrogen and oxygen atoms in total. The Morgan fingerprint density at radius 1 is 1.33 bits per heavy atom. The van der Waals surface area contributed by atoms with Crippen molar-refractivity contribution in [2.45, 2.75) is 51.6 Å². The first-order chi connectivity index (χ1) is 10.2. The number of nitrogens with one attached hydrogen (secondary N) is 2. The number of carbonyl (C=O) groups excluding carboxylic acids is 1. The number of hydrogen-bond acceptors (Lipinski definition) is 3. The Morgan fingerprint density at radius 2 is 2.05 bits per heavy atom. The molecule has 0 heterocycles. The molecule has 0 aliphatic heterocycles. The van der Waals surface area contributed by atoms with E-state index in [0.29, 0.717) is 25.1 Å². The van der Waals surface area contributed by atoms with E-state index in [-0.39, 0.29) is 5.91 Å². The molecular weight excluding hydrogens is 264 g/mol. The maximum absolute atomic E-state index is 11.5. The van der Waals surface area contributed by atoms with Gasteiger partial charge in [0.05, 0.1) is 13.0 Å². The lowest BCUT2D eigenvalue weighted by atomic mass is 10.1. The van der Waals surface area contributed by atoms with Crippen LogP contribution in [0.2, 0.25) is 0 Å². The molecule has 1 aromatic carbocycles. The lowest BCUT2D eigenvalue weighted by Crippen LogP contribution is -2.26. The molecule has 0 spiro atoms. The molecule has 1 unspecified atom stereocenters. The second kappa shape index (κ2) is 8.03. The zero-order valence-corrected chi connectivity index (χ0v) is 13.0. The van der Waals surface area contributed by atoms with Crippen molar-refractivity contribution in [1.29, 1.82) is 0 Å². The second-order valence-electron chi connectivity index (χ2n) is 5.69. The Hall–Kier alpha value is -1.55. The Kier molecular flexibility index (Phi) is 6.05. The molecule has 1 amide bonds. The molecule has 0 radical (unpaired) electrons. The van der Waals surface area contributed by atoms with Crippen molar-refractivity contribution in [3.63, 3.8) is 0 Å². The number of ether oxygens (including phenoxy) is 1. The molecule has 0 bridgehead atoms. The van der Waals surface area contributed by atoms with Gasteiger partial charge in [0.2, 0.25) is 5.91 Å². The van der Waals surface area contributed by atoms with E-state index in [0.717, 1.165) is 31.6 Å². The zero-order chi connectivity index (χ0) is 15.1. The quantitative estimate of drug-likeness (QED) is 0.735. The molecule has 4 heteroatoms. The first-order valence-electron chi connectivity index (χ1n) is 7.94. The van der Waals surface area contributed by atoms with Gasteiger partial charge in [0.1, 0.15) is 5.75 Å². The highest BCUT2D eigenvalue weighted by molar-refractivity contribution is 5.76. The second-order valence-corrected chi connectivity index (χ2v) is 5.69. The highest BCUT2D eigenvalue weighted by atomic mass is 16.5. The first kappa shape index (κ1) is 15.8. The van der Waals surface area contributed by atoms with E-state index in [1.165, 1.54) is 5.56 Å². The van der Waals surface area contributed by atoms with E-state index < -0.39 is 0 Å². The summed E-state index contributed by atoms with van der Waals surface area (Å²) in [6, 6.07) is 8.87. The van der Waals surface area contributed by atoms with Crippen LogP contribution in [0.25, 0.3) is 0 Å². The van der Waals surface area contributed by atoms with Crippen LogP contribution in [0.4, 0.5) is 0 Å². The number of hydrogen-bond donors (Lipinski definition) is 2. The summed E-state index contributed by atoms with van der Waals surface area (Å²) in [5, 5.41) is 6.41. The Morgan fingerprint density at radius 3 is 2.67 bits per heavy atom. The van der Waals surface area contributed by atoms with Gasteiger partial charge >= 0.3 is 0 Å². The van der Waals surface area contributed by atoms with Crippen LogP contribution in [0.3, 0.4) is 0 Å². The van der Waals surface area contributed by atoms with Gasteiger partial charge in [0.25, 0.3) is 0 Å². The molecular formula is C17H26N2O2. The van der Waals surface area contributed by atoms with E-state index in [4.69, 9.17) is 4.74 Å². The summed E-state index contributed by atoms with van der Waals surface area (Å²) in [5.74, 6) is 0.909. The van der Waals surface area contributed by atoms with Crippen LogP contribution in [0.15, 0.2) is 24.3 Å². The van der Waals surface area contributed by atoms with Crippen molar-refractivity contribution < 1.29 is 9.53 Å². The monoisotopic (exact) mass is 290 g/mol. The number of carbonyl (C=O) groups is 1. The number of amides is 1. The van der Waals surface area contributed by atoms with Crippen molar-refractivity contribution >= 4 is 5.91 Å². The summed E-state index contributed by atoms with van der Waals surface area (Å²) < 4.78 is 5.61. The van der Waals surface area contributed by atoms with Crippen molar-refractivity contribution in [2.75, 3.05) is 13.2 Å². The number of rotatable bonds is 9. The van der Waals surface area contributed by atoms with E-state index in [9.17, 15) is 4.79 Å². The highest BCUT2D eigenvalue weighted by Crippen LogP contribution is 2.19. The number of benzene rings is 1.